The summed E-state index contributed by atoms with van der Waals surface area (Å²) in [6, 6.07) is 4.83. The molecule has 0 bridgehead atoms. The molecular weight excluding hydrogens is 257 g/mol. The predicted octanol–water partition coefficient (Wildman–Crippen LogP) is 2.82. The number of aromatic nitrogens is 2. The van der Waals surface area contributed by atoms with Crippen LogP contribution in [0.4, 0.5) is 24.8 Å². The first kappa shape index (κ1) is 12.8. The number of halogens is 3. The van der Waals surface area contributed by atoms with Gasteiger partial charge < -0.3 is 5.32 Å². The summed E-state index contributed by atoms with van der Waals surface area (Å²) in [4.78, 5) is 7.75. The van der Waals surface area contributed by atoms with Crippen LogP contribution in [-0.4, -0.2) is 9.97 Å². The van der Waals surface area contributed by atoms with Crippen LogP contribution in [0.3, 0.4) is 0 Å². The Labute approximate surface area is 106 Å². The zero-order chi connectivity index (χ0) is 14.0. The Morgan fingerprint density at radius 2 is 1.74 bits per heavy atom. The first-order valence-corrected chi connectivity index (χ1v) is 5.17. The molecule has 0 atom stereocenters. The zero-order valence-electron chi connectivity index (χ0n) is 9.71. The van der Waals surface area contributed by atoms with Crippen LogP contribution in [0.15, 0.2) is 18.2 Å². The molecule has 7 heteroatoms. The van der Waals surface area contributed by atoms with Gasteiger partial charge in [0, 0.05) is 23.5 Å². The number of benzene rings is 1. The summed E-state index contributed by atoms with van der Waals surface area (Å²) >= 11 is 0. The maximum Gasteiger partial charge on any atom is 0.228 e. The molecule has 19 heavy (non-hydrogen) atoms. The molecule has 2 aromatic rings. The molecule has 1 aromatic heterocycles. The van der Waals surface area contributed by atoms with E-state index in [4.69, 9.17) is 5.26 Å². The average Bonchev–Trinajstić information content (AvgIpc) is 2.35. The van der Waals surface area contributed by atoms with Crippen LogP contribution >= 0.6 is 0 Å². The van der Waals surface area contributed by atoms with Crippen molar-refractivity contribution in [2.45, 2.75) is 6.92 Å². The summed E-state index contributed by atoms with van der Waals surface area (Å²) in [5.41, 5.74) is 0.570. The molecule has 0 saturated heterocycles. The van der Waals surface area contributed by atoms with E-state index in [1.807, 2.05) is 6.07 Å². The fraction of sp³-hybridized carbons (Fsp3) is 0.0833. The first-order chi connectivity index (χ1) is 8.99. The van der Waals surface area contributed by atoms with E-state index in [0.29, 0.717) is 5.69 Å². The highest BCUT2D eigenvalue weighted by Gasteiger charge is 2.11. The summed E-state index contributed by atoms with van der Waals surface area (Å²) in [5, 5.41) is 11.2. The lowest BCUT2D eigenvalue weighted by atomic mass is 10.3. The number of anilines is 2. The van der Waals surface area contributed by atoms with Gasteiger partial charge in [0.1, 0.15) is 11.8 Å². The number of nitrogens with one attached hydrogen (secondary N) is 1. The van der Waals surface area contributed by atoms with Crippen molar-refractivity contribution >= 4 is 11.6 Å². The lowest BCUT2D eigenvalue weighted by molar-refractivity contribution is 0.448. The third-order valence-corrected chi connectivity index (χ3v) is 2.21. The number of hydrogen-bond acceptors (Lipinski definition) is 4. The number of nitrogens with zero attached hydrogens (tertiary/aromatic N) is 3. The number of aryl methyl sites for hydroxylation is 1. The fourth-order valence-corrected chi connectivity index (χ4v) is 1.44. The van der Waals surface area contributed by atoms with Gasteiger partial charge in [0.05, 0.1) is 0 Å². The molecule has 1 N–H and O–H groups in total. The van der Waals surface area contributed by atoms with Gasteiger partial charge in [0.25, 0.3) is 0 Å². The van der Waals surface area contributed by atoms with Crippen molar-refractivity contribution in [3.8, 4) is 6.07 Å². The van der Waals surface area contributed by atoms with Crippen LogP contribution in [0, 0.1) is 35.7 Å². The van der Waals surface area contributed by atoms with Gasteiger partial charge in [-0.1, -0.05) is 0 Å². The highest BCUT2D eigenvalue weighted by atomic mass is 19.2. The number of nitriles is 1. The van der Waals surface area contributed by atoms with Gasteiger partial charge in [-0.2, -0.15) is 5.26 Å². The Morgan fingerprint density at radius 1 is 1.11 bits per heavy atom. The Morgan fingerprint density at radius 3 is 2.32 bits per heavy atom. The second-order valence-electron chi connectivity index (χ2n) is 3.71. The van der Waals surface area contributed by atoms with Crippen molar-refractivity contribution < 1.29 is 13.2 Å². The summed E-state index contributed by atoms with van der Waals surface area (Å²) < 4.78 is 38.8. The molecule has 0 aliphatic carbocycles. The molecule has 4 nitrogen and oxygen atoms in total. The molecule has 0 unspecified atom stereocenters. The van der Waals surface area contributed by atoms with E-state index in [2.05, 4.69) is 15.3 Å². The molecule has 0 amide bonds. The van der Waals surface area contributed by atoms with Gasteiger partial charge in [-0.25, -0.2) is 23.1 Å². The van der Waals surface area contributed by atoms with Crippen molar-refractivity contribution in [2.24, 2.45) is 0 Å². The Kier molecular flexibility index (Phi) is 3.33. The molecular formula is C12H7F3N4. The third kappa shape index (κ3) is 2.80. The van der Waals surface area contributed by atoms with Crippen molar-refractivity contribution in [3.63, 3.8) is 0 Å². The summed E-state index contributed by atoms with van der Waals surface area (Å²) in [7, 11) is 0. The molecule has 96 valence electrons. The van der Waals surface area contributed by atoms with Crippen LogP contribution in [0.1, 0.15) is 11.4 Å². The SMILES string of the molecule is Cc1cc(C#N)nc(Nc2cc(F)c(F)c(F)c2)n1. The minimum atomic E-state index is -1.55. The van der Waals surface area contributed by atoms with Crippen molar-refractivity contribution in [1.29, 1.82) is 5.26 Å². The highest BCUT2D eigenvalue weighted by Crippen LogP contribution is 2.20. The van der Waals surface area contributed by atoms with Crippen LogP contribution < -0.4 is 5.32 Å². The molecule has 0 saturated carbocycles. The zero-order valence-corrected chi connectivity index (χ0v) is 9.71. The standard InChI is InChI=1S/C12H7F3N4/c1-6-2-8(5-16)19-12(17-6)18-7-3-9(13)11(15)10(14)4-7/h2-4H,1H3,(H,17,18,19). The molecule has 0 aliphatic heterocycles. The van der Waals surface area contributed by atoms with Crippen LogP contribution in [-0.2, 0) is 0 Å². The van der Waals surface area contributed by atoms with Gasteiger partial charge in [0.2, 0.25) is 5.95 Å². The van der Waals surface area contributed by atoms with E-state index in [-0.39, 0.29) is 17.3 Å². The molecule has 0 radical (unpaired) electrons. The monoisotopic (exact) mass is 264 g/mol. The van der Waals surface area contributed by atoms with Gasteiger partial charge in [-0.05, 0) is 13.0 Å². The van der Waals surface area contributed by atoms with Crippen molar-refractivity contribution in [1.82, 2.24) is 9.97 Å². The maximum absolute atomic E-state index is 13.0. The Bertz CT molecular complexity index is 656. The second kappa shape index (κ2) is 4.94. The summed E-state index contributed by atoms with van der Waals surface area (Å²) in [6.07, 6.45) is 0. The van der Waals surface area contributed by atoms with E-state index >= 15 is 0 Å². The summed E-state index contributed by atoms with van der Waals surface area (Å²) in [5.74, 6) is -4.19. The smallest absolute Gasteiger partial charge is 0.228 e. The number of hydrogen-bond donors (Lipinski definition) is 1. The minimum Gasteiger partial charge on any atom is -0.324 e. The van der Waals surface area contributed by atoms with E-state index in [0.717, 1.165) is 12.1 Å². The molecule has 0 aliphatic rings. The predicted molar refractivity (Wildman–Crippen MR) is 61.1 cm³/mol. The van der Waals surface area contributed by atoms with E-state index in [1.54, 1.807) is 6.92 Å². The normalized spacial score (nSPS) is 10.1. The van der Waals surface area contributed by atoms with Crippen LogP contribution in [0.5, 0.6) is 0 Å². The van der Waals surface area contributed by atoms with E-state index in [1.165, 1.54) is 6.07 Å². The minimum absolute atomic E-state index is 0.00181. The Balaban J connectivity index is 2.36. The van der Waals surface area contributed by atoms with E-state index < -0.39 is 17.5 Å². The molecule has 0 spiro atoms. The van der Waals surface area contributed by atoms with Gasteiger partial charge in [-0.3, -0.25) is 0 Å². The highest BCUT2D eigenvalue weighted by molar-refractivity contribution is 5.54. The van der Waals surface area contributed by atoms with E-state index in [9.17, 15) is 13.2 Å². The molecule has 2 rings (SSSR count). The molecule has 0 fully saturated rings. The lowest BCUT2D eigenvalue weighted by Crippen LogP contribution is -2.02. The van der Waals surface area contributed by atoms with Gasteiger partial charge >= 0.3 is 0 Å². The second-order valence-corrected chi connectivity index (χ2v) is 3.71. The number of rotatable bonds is 2. The third-order valence-electron chi connectivity index (χ3n) is 2.21. The lowest BCUT2D eigenvalue weighted by Gasteiger charge is -2.06. The molecule has 1 heterocycles. The topological polar surface area (TPSA) is 61.6 Å². The largest absolute Gasteiger partial charge is 0.324 e. The van der Waals surface area contributed by atoms with Crippen LogP contribution in [0.2, 0.25) is 0 Å². The van der Waals surface area contributed by atoms with Crippen molar-refractivity contribution in [2.75, 3.05) is 5.32 Å². The van der Waals surface area contributed by atoms with Crippen molar-refractivity contribution in [3.05, 3.63) is 47.0 Å². The first-order valence-electron chi connectivity index (χ1n) is 5.17. The average molecular weight is 264 g/mol. The van der Waals surface area contributed by atoms with Gasteiger partial charge in [0.15, 0.2) is 17.5 Å². The Hall–Kier alpha value is -2.62. The quantitative estimate of drug-likeness (QED) is 0.847. The molecule has 1 aromatic carbocycles. The fourth-order valence-electron chi connectivity index (χ4n) is 1.44. The van der Waals surface area contributed by atoms with Gasteiger partial charge in [-0.15, -0.1) is 0 Å². The summed E-state index contributed by atoms with van der Waals surface area (Å²) in [6.45, 7) is 1.64. The maximum atomic E-state index is 13.0. The van der Waals surface area contributed by atoms with Crippen LogP contribution in [0.25, 0.3) is 0 Å².